The molecule has 10 heteroatoms. The van der Waals surface area contributed by atoms with Crippen LogP contribution in [-0.2, 0) is 16.6 Å². The molecule has 7 nitrogen and oxygen atoms in total. The number of halogens is 2. The van der Waals surface area contributed by atoms with Crippen molar-refractivity contribution >= 4 is 50.7 Å². The summed E-state index contributed by atoms with van der Waals surface area (Å²) in [6.07, 6.45) is 1.57. The van der Waals surface area contributed by atoms with Crippen molar-refractivity contribution < 1.29 is 13.2 Å². The second kappa shape index (κ2) is 8.06. The van der Waals surface area contributed by atoms with Crippen molar-refractivity contribution in [3.05, 3.63) is 87.7 Å². The van der Waals surface area contributed by atoms with Crippen LogP contribution in [0.4, 0.5) is 5.69 Å². The third-order valence-corrected chi connectivity index (χ3v) is 6.37. The molecule has 0 bridgehead atoms. The number of sulfonamides is 1. The summed E-state index contributed by atoms with van der Waals surface area (Å²) >= 11 is 12.2. The van der Waals surface area contributed by atoms with Crippen molar-refractivity contribution in [3.63, 3.8) is 0 Å². The topological polar surface area (TPSA) is 101 Å². The molecular weight excluding hydrogens is 447 g/mol. The normalized spacial score (nSPS) is 14.3. The molecule has 0 aliphatic carbocycles. The maximum absolute atomic E-state index is 13.1. The van der Waals surface area contributed by atoms with E-state index in [1.165, 1.54) is 18.2 Å². The molecule has 2 N–H and O–H groups in total. The molecule has 1 aliphatic rings. The van der Waals surface area contributed by atoms with Gasteiger partial charge in [0.15, 0.2) is 5.78 Å². The number of ketones is 1. The second-order valence-corrected chi connectivity index (χ2v) is 8.70. The first kappa shape index (κ1) is 20.3. The van der Waals surface area contributed by atoms with Crippen molar-refractivity contribution in [2.24, 2.45) is 4.40 Å². The van der Waals surface area contributed by atoms with Crippen LogP contribution in [0.25, 0.3) is 0 Å². The Morgan fingerprint density at radius 2 is 1.70 bits per heavy atom. The molecule has 0 radical (unpaired) electrons. The van der Waals surface area contributed by atoms with Crippen LogP contribution in [0.3, 0.4) is 0 Å². The van der Waals surface area contributed by atoms with Crippen LogP contribution < -0.4 is 10.6 Å². The maximum Gasteiger partial charge on any atom is 0.287 e. The first-order chi connectivity index (χ1) is 14.4. The molecular formula is C20H14Cl2N4O3S. The van der Waals surface area contributed by atoms with Crippen molar-refractivity contribution in [2.45, 2.75) is 11.4 Å². The van der Waals surface area contributed by atoms with Crippen LogP contribution in [0.15, 0.2) is 70.1 Å². The van der Waals surface area contributed by atoms with E-state index < -0.39 is 15.8 Å². The van der Waals surface area contributed by atoms with Gasteiger partial charge >= 0.3 is 0 Å². The number of fused-ring (bicyclic) bond motifs is 1. The van der Waals surface area contributed by atoms with Crippen LogP contribution in [0.1, 0.15) is 21.6 Å². The Balaban J connectivity index is 1.69. The summed E-state index contributed by atoms with van der Waals surface area (Å²) in [7, 11) is -4.03. The molecule has 0 spiro atoms. The lowest BCUT2D eigenvalue weighted by Crippen LogP contribution is -2.35. The van der Waals surface area contributed by atoms with Gasteiger partial charge in [-0.2, -0.15) is 8.42 Å². The van der Waals surface area contributed by atoms with Gasteiger partial charge in [-0.05, 0) is 36.4 Å². The van der Waals surface area contributed by atoms with E-state index in [1.807, 2.05) is 0 Å². The van der Waals surface area contributed by atoms with Gasteiger partial charge in [-0.25, -0.2) is 0 Å². The number of carbonyl (C=O) groups is 1. The minimum atomic E-state index is -4.03. The Bertz CT molecular complexity index is 1290. The summed E-state index contributed by atoms with van der Waals surface area (Å²) in [5.74, 6) is -0.446. The van der Waals surface area contributed by atoms with E-state index >= 15 is 0 Å². The Labute approximate surface area is 182 Å². The fraction of sp³-hybridized carbons (Fsp3) is 0.0500. The fourth-order valence-corrected chi connectivity index (χ4v) is 4.49. The van der Waals surface area contributed by atoms with Crippen LogP contribution >= 0.6 is 23.2 Å². The quantitative estimate of drug-likeness (QED) is 0.572. The molecule has 2 heterocycles. The van der Waals surface area contributed by atoms with Gasteiger partial charge in [-0.1, -0.05) is 41.4 Å². The number of rotatable bonds is 4. The zero-order valence-electron chi connectivity index (χ0n) is 15.3. The Morgan fingerprint density at radius 1 is 0.967 bits per heavy atom. The smallest absolute Gasteiger partial charge is 0.287 e. The minimum Gasteiger partial charge on any atom is -0.349 e. The summed E-state index contributed by atoms with van der Waals surface area (Å²) in [5, 5.41) is 6.48. The number of carbonyl (C=O) groups excluding carboxylic acids is 1. The molecule has 4 rings (SSSR count). The molecule has 0 saturated carbocycles. The molecule has 30 heavy (non-hydrogen) atoms. The van der Waals surface area contributed by atoms with Crippen molar-refractivity contribution in [3.8, 4) is 0 Å². The van der Waals surface area contributed by atoms with E-state index in [4.69, 9.17) is 23.2 Å². The minimum absolute atomic E-state index is 0.0383. The van der Waals surface area contributed by atoms with E-state index in [0.717, 1.165) is 0 Å². The summed E-state index contributed by atoms with van der Waals surface area (Å²) < 4.78 is 29.1. The molecule has 0 amide bonds. The van der Waals surface area contributed by atoms with Gasteiger partial charge in [0.05, 0.1) is 28.0 Å². The van der Waals surface area contributed by atoms with Crippen molar-refractivity contribution in [2.75, 3.05) is 5.32 Å². The molecule has 0 unspecified atom stereocenters. The molecule has 0 atom stereocenters. The zero-order chi connectivity index (χ0) is 21.3. The number of nitrogens with zero attached hydrogens (tertiary/aromatic N) is 2. The highest BCUT2D eigenvalue weighted by molar-refractivity contribution is 7.90. The Hall–Kier alpha value is -2.94. The molecule has 1 aromatic heterocycles. The Kier molecular flexibility index (Phi) is 5.46. The zero-order valence-corrected chi connectivity index (χ0v) is 17.6. The average molecular weight is 461 g/mol. The molecule has 1 aliphatic heterocycles. The standard InChI is InChI=1S/C20H14Cl2N4O3S/c21-14-7-2-1-5-12(14)19(27)13-6-3-9-17-18(13)25-20(26-30(17,28)29)24-11-16-15(22)8-4-10-23-16/h1-10H,11H2,(H2,24,25,26). The summed E-state index contributed by atoms with van der Waals surface area (Å²) in [5.41, 5.74) is 1.08. The fourth-order valence-electron chi connectivity index (χ4n) is 2.96. The maximum atomic E-state index is 13.1. The van der Waals surface area contributed by atoms with Crippen molar-refractivity contribution in [1.82, 2.24) is 10.3 Å². The van der Waals surface area contributed by atoms with E-state index in [0.29, 0.717) is 10.7 Å². The van der Waals surface area contributed by atoms with Gasteiger partial charge in [0, 0.05) is 17.3 Å². The number of hydrogen-bond donors (Lipinski definition) is 2. The number of anilines is 1. The number of benzene rings is 2. The highest BCUT2D eigenvalue weighted by atomic mass is 35.5. The highest BCUT2D eigenvalue weighted by Crippen LogP contribution is 2.32. The Morgan fingerprint density at radius 3 is 2.47 bits per heavy atom. The van der Waals surface area contributed by atoms with Crippen LogP contribution in [0.2, 0.25) is 10.0 Å². The average Bonchev–Trinajstić information content (AvgIpc) is 2.72. The van der Waals surface area contributed by atoms with Gasteiger partial charge in [-0.3, -0.25) is 9.78 Å². The van der Waals surface area contributed by atoms with Gasteiger partial charge in [0.2, 0.25) is 5.96 Å². The largest absolute Gasteiger partial charge is 0.349 e. The monoisotopic (exact) mass is 460 g/mol. The summed E-state index contributed by atoms with van der Waals surface area (Å²) in [4.78, 5) is 17.1. The predicted molar refractivity (Wildman–Crippen MR) is 116 cm³/mol. The lowest BCUT2D eigenvalue weighted by Gasteiger charge is -2.21. The summed E-state index contributed by atoms with van der Waals surface area (Å²) in [6, 6.07) is 14.3. The molecule has 0 fully saturated rings. The first-order valence-electron chi connectivity index (χ1n) is 8.74. The van der Waals surface area contributed by atoms with Gasteiger partial charge in [-0.15, -0.1) is 4.40 Å². The number of para-hydroxylation sites is 1. The van der Waals surface area contributed by atoms with Crippen LogP contribution in [0.5, 0.6) is 0 Å². The molecule has 3 aromatic rings. The number of guanidine groups is 1. The third kappa shape index (κ3) is 3.89. The van der Waals surface area contributed by atoms with Crippen molar-refractivity contribution in [1.29, 1.82) is 0 Å². The van der Waals surface area contributed by atoms with Gasteiger partial charge in [0.1, 0.15) is 4.90 Å². The SMILES string of the molecule is O=C(c1ccccc1Cl)c1cccc2c1NC(NCc1ncccc1Cl)=NS2(=O)=O. The van der Waals surface area contributed by atoms with Gasteiger partial charge < -0.3 is 10.6 Å². The van der Waals surface area contributed by atoms with E-state index in [1.54, 1.807) is 42.6 Å². The lowest BCUT2D eigenvalue weighted by atomic mass is 10.0. The lowest BCUT2D eigenvalue weighted by molar-refractivity contribution is 0.103. The van der Waals surface area contributed by atoms with Gasteiger partial charge in [0.25, 0.3) is 10.0 Å². The molecule has 0 saturated heterocycles. The number of pyridine rings is 1. The number of nitrogens with one attached hydrogen (secondary N) is 2. The summed E-state index contributed by atoms with van der Waals surface area (Å²) in [6.45, 7) is 0.136. The third-order valence-electron chi connectivity index (χ3n) is 4.38. The highest BCUT2D eigenvalue weighted by Gasteiger charge is 2.29. The number of aromatic nitrogens is 1. The van der Waals surface area contributed by atoms with E-state index in [-0.39, 0.29) is 39.2 Å². The molecule has 2 aromatic carbocycles. The van der Waals surface area contributed by atoms with E-state index in [2.05, 4.69) is 20.0 Å². The number of hydrogen-bond acceptors (Lipinski definition) is 6. The second-order valence-electron chi connectivity index (χ2n) is 6.31. The first-order valence-corrected chi connectivity index (χ1v) is 10.9. The van der Waals surface area contributed by atoms with Crippen LogP contribution in [0, 0.1) is 0 Å². The predicted octanol–water partition coefficient (Wildman–Crippen LogP) is 3.88. The van der Waals surface area contributed by atoms with Crippen LogP contribution in [-0.4, -0.2) is 25.1 Å². The van der Waals surface area contributed by atoms with E-state index in [9.17, 15) is 13.2 Å². The molecule has 152 valence electrons.